The van der Waals surface area contributed by atoms with Gasteiger partial charge in [0.25, 0.3) is 15.9 Å². The number of carbonyl (C=O) groups is 1. The van der Waals surface area contributed by atoms with E-state index in [1.807, 2.05) is 54.6 Å². The summed E-state index contributed by atoms with van der Waals surface area (Å²) in [6, 6.07) is 30.1. The highest BCUT2D eigenvalue weighted by atomic mass is 32.2. The van der Waals surface area contributed by atoms with Crippen molar-refractivity contribution < 1.29 is 22.7 Å². The number of para-hydroxylation sites is 1. The van der Waals surface area contributed by atoms with Crippen molar-refractivity contribution in [1.29, 1.82) is 0 Å². The molecule has 1 N–H and O–H groups in total. The second kappa shape index (κ2) is 13.7. The molecule has 0 aromatic heterocycles. The van der Waals surface area contributed by atoms with Gasteiger partial charge in [-0.3, -0.25) is 9.10 Å². The lowest BCUT2D eigenvalue weighted by molar-refractivity contribution is 0.0947. The van der Waals surface area contributed by atoms with Crippen molar-refractivity contribution in [3.63, 3.8) is 0 Å². The van der Waals surface area contributed by atoms with Crippen molar-refractivity contribution in [2.24, 2.45) is 0 Å². The number of hydrogen-bond acceptors (Lipinski definition) is 5. The first-order chi connectivity index (χ1) is 19.4. The molecule has 0 aliphatic carbocycles. The summed E-state index contributed by atoms with van der Waals surface area (Å²) in [5.41, 5.74) is 2.57. The number of carbonyl (C=O) groups excluding carboxylic acids is 1. The van der Waals surface area contributed by atoms with Crippen molar-refractivity contribution in [3.8, 4) is 11.5 Å². The maximum Gasteiger partial charge on any atom is 0.264 e. The Morgan fingerprint density at radius 1 is 0.800 bits per heavy atom. The lowest BCUT2D eigenvalue weighted by Gasteiger charge is -2.26. The van der Waals surface area contributed by atoms with E-state index in [0.717, 1.165) is 24.2 Å². The minimum atomic E-state index is -4.03. The monoisotopic (exact) mass is 558 g/mol. The maximum atomic E-state index is 13.9. The number of nitrogens with zero attached hydrogens (tertiary/aromatic N) is 1. The quantitative estimate of drug-likeness (QED) is 0.208. The lowest BCUT2D eigenvalue weighted by atomic mass is 10.1. The van der Waals surface area contributed by atoms with E-state index in [1.165, 1.54) is 29.1 Å². The third-order valence-corrected chi connectivity index (χ3v) is 8.13. The molecule has 208 valence electrons. The van der Waals surface area contributed by atoms with Crippen LogP contribution in [0.25, 0.3) is 0 Å². The van der Waals surface area contributed by atoms with Crippen LogP contribution in [0, 0.1) is 0 Å². The van der Waals surface area contributed by atoms with Gasteiger partial charge in [-0.1, -0.05) is 67.9 Å². The Kier molecular flexibility index (Phi) is 9.81. The number of nitrogens with one attached hydrogen (secondary N) is 1. The molecule has 0 fully saturated rings. The van der Waals surface area contributed by atoms with Crippen molar-refractivity contribution in [2.45, 2.75) is 31.2 Å². The van der Waals surface area contributed by atoms with Gasteiger partial charge in [0.15, 0.2) is 0 Å². The van der Waals surface area contributed by atoms with Crippen LogP contribution >= 0.6 is 0 Å². The van der Waals surface area contributed by atoms with E-state index in [9.17, 15) is 13.2 Å². The zero-order valence-corrected chi connectivity index (χ0v) is 23.6. The Morgan fingerprint density at radius 2 is 1.45 bits per heavy atom. The van der Waals surface area contributed by atoms with Gasteiger partial charge in [-0.05, 0) is 66.1 Å². The van der Waals surface area contributed by atoms with Crippen LogP contribution in [0.2, 0.25) is 0 Å². The minimum absolute atomic E-state index is 0.0522. The Bertz CT molecular complexity index is 1490. The van der Waals surface area contributed by atoms with Crippen LogP contribution in [-0.2, 0) is 23.0 Å². The molecule has 0 atom stereocenters. The van der Waals surface area contributed by atoms with Crippen LogP contribution in [0.4, 0.5) is 5.69 Å². The topological polar surface area (TPSA) is 84.9 Å². The maximum absolute atomic E-state index is 13.9. The molecule has 0 radical (unpaired) electrons. The molecule has 4 aromatic rings. The first-order valence-electron chi connectivity index (χ1n) is 13.2. The molecule has 0 unspecified atom stereocenters. The number of ether oxygens (including phenoxy) is 2. The molecular formula is C32H34N2O5S. The fourth-order valence-electron chi connectivity index (χ4n) is 4.28. The zero-order valence-electron chi connectivity index (χ0n) is 22.7. The third kappa shape index (κ3) is 7.21. The fraction of sp³-hybridized carbons (Fsp3) is 0.219. The van der Waals surface area contributed by atoms with Gasteiger partial charge in [-0.2, -0.15) is 0 Å². The highest BCUT2D eigenvalue weighted by molar-refractivity contribution is 7.92. The number of rotatable bonds is 13. The second-order valence-electron chi connectivity index (χ2n) is 9.19. The van der Waals surface area contributed by atoms with E-state index < -0.39 is 10.0 Å². The highest BCUT2D eigenvalue weighted by Crippen LogP contribution is 2.30. The van der Waals surface area contributed by atoms with Crippen LogP contribution in [0.5, 0.6) is 11.5 Å². The van der Waals surface area contributed by atoms with Gasteiger partial charge >= 0.3 is 0 Å². The van der Waals surface area contributed by atoms with Crippen LogP contribution < -0.4 is 19.1 Å². The number of benzene rings is 4. The summed E-state index contributed by atoms with van der Waals surface area (Å²) >= 11 is 0. The summed E-state index contributed by atoms with van der Waals surface area (Å²) in [7, 11) is -2.51. The predicted octanol–water partition coefficient (Wildman–Crippen LogP) is 5.85. The number of amides is 1. The smallest absolute Gasteiger partial charge is 0.264 e. The molecule has 1 amide bonds. The van der Waals surface area contributed by atoms with Crippen molar-refractivity contribution in [2.75, 3.05) is 24.6 Å². The third-order valence-electron chi connectivity index (χ3n) is 6.35. The van der Waals surface area contributed by atoms with Crippen LogP contribution in [0.1, 0.15) is 34.8 Å². The van der Waals surface area contributed by atoms with Crippen LogP contribution in [0.3, 0.4) is 0 Å². The van der Waals surface area contributed by atoms with Crippen LogP contribution in [0.15, 0.2) is 108 Å². The van der Waals surface area contributed by atoms with Gasteiger partial charge in [-0.15, -0.1) is 0 Å². The van der Waals surface area contributed by atoms with Crippen LogP contribution in [-0.4, -0.2) is 34.6 Å². The summed E-state index contributed by atoms with van der Waals surface area (Å²) in [5, 5.41) is 2.86. The first-order valence-corrected chi connectivity index (χ1v) is 14.7. The molecule has 0 spiro atoms. The lowest BCUT2D eigenvalue weighted by Crippen LogP contribution is -2.34. The number of hydrogen-bond donors (Lipinski definition) is 1. The first kappa shape index (κ1) is 28.7. The molecule has 0 aliphatic rings. The molecule has 0 aliphatic heterocycles. The Labute approximate surface area is 236 Å². The summed E-state index contributed by atoms with van der Waals surface area (Å²) in [4.78, 5) is 13.4. The Hall–Kier alpha value is -4.30. The number of anilines is 1. The predicted molar refractivity (Wildman–Crippen MR) is 158 cm³/mol. The van der Waals surface area contributed by atoms with Gasteiger partial charge in [-0.25, -0.2) is 8.42 Å². The minimum Gasteiger partial charge on any atom is -0.497 e. The number of methoxy groups -OCH3 is 1. The standard InChI is InChI=1S/C32H34N2O5S/c1-3-9-25-14-16-28(17-15-25)39-23-22-33-32(35)30-12-7-8-13-31(30)34(24-26-10-5-4-6-11-26)40(36,37)29-20-18-27(38-2)19-21-29/h4-8,10-21H,3,9,22-24H2,1-2H3,(H,33,35). The Morgan fingerprint density at radius 3 is 2.12 bits per heavy atom. The van der Waals surface area contributed by atoms with Crippen molar-refractivity contribution in [3.05, 3.63) is 120 Å². The summed E-state index contributed by atoms with van der Waals surface area (Å²) < 4.78 is 40.1. The fourth-order valence-corrected chi connectivity index (χ4v) is 5.75. The van der Waals surface area contributed by atoms with Crippen molar-refractivity contribution in [1.82, 2.24) is 5.32 Å². The van der Waals surface area contributed by atoms with E-state index in [4.69, 9.17) is 9.47 Å². The van der Waals surface area contributed by atoms with Crippen molar-refractivity contribution >= 4 is 21.6 Å². The highest BCUT2D eigenvalue weighted by Gasteiger charge is 2.28. The van der Waals surface area contributed by atoms with E-state index in [2.05, 4.69) is 12.2 Å². The summed E-state index contributed by atoms with van der Waals surface area (Å²) in [6.07, 6.45) is 2.10. The molecule has 0 saturated heterocycles. The van der Waals surface area contributed by atoms with Gasteiger partial charge in [0.05, 0.1) is 36.3 Å². The zero-order chi connectivity index (χ0) is 28.4. The molecule has 0 saturated carbocycles. The molecular weight excluding hydrogens is 524 g/mol. The van der Waals surface area contributed by atoms with Gasteiger partial charge in [0, 0.05) is 0 Å². The van der Waals surface area contributed by atoms with E-state index in [1.54, 1.807) is 36.4 Å². The normalized spacial score (nSPS) is 11.1. The number of aryl methyl sites for hydroxylation is 1. The van der Waals surface area contributed by atoms with E-state index >= 15 is 0 Å². The van der Waals surface area contributed by atoms with Gasteiger partial charge < -0.3 is 14.8 Å². The largest absolute Gasteiger partial charge is 0.497 e. The van der Waals surface area contributed by atoms with E-state index in [-0.39, 0.29) is 41.7 Å². The van der Waals surface area contributed by atoms with E-state index in [0.29, 0.717) is 5.75 Å². The van der Waals surface area contributed by atoms with Gasteiger partial charge in [0.2, 0.25) is 0 Å². The van der Waals surface area contributed by atoms with Gasteiger partial charge in [0.1, 0.15) is 18.1 Å². The molecule has 40 heavy (non-hydrogen) atoms. The number of sulfonamides is 1. The average Bonchev–Trinajstić information content (AvgIpc) is 2.99. The summed E-state index contributed by atoms with van der Waals surface area (Å²) in [6.45, 7) is 2.73. The molecule has 7 nitrogen and oxygen atoms in total. The molecule has 4 aromatic carbocycles. The average molecular weight is 559 g/mol. The second-order valence-corrected chi connectivity index (χ2v) is 11.1. The molecule has 8 heteroatoms. The molecule has 0 heterocycles. The molecule has 4 rings (SSSR count). The molecule has 0 bridgehead atoms. The SMILES string of the molecule is CCCc1ccc(OCCNC(=O)c2ccccc2N(Cc2ccccc2)S(=O)(=O)c2ccc(OC)cc2)cc1. The Balaban J connectivity index is 1.54. The summed E-state index contributed by atoms with van der Waals surface area (Å²) in [5.74, 6) is 0.891.